The number of rotatable bonds is 8. The summed E-state index contributed by atoms with van der Waals surface area (Å²) in [5, 5.41) is 2.05. The number of alkyl halides is 2. The van der Waals surface area contributed by atoms with Gasteiger partial charge in [0.1, 0.15) is 13.1 Å². The van der Waals surface area contributed by atoms with Crippen LogP contribution in [0, 0.1) is 6.92 Å². The molecule has 0 aliphatic heterocycles. The van der Waals surface area contributed by atoms with Crippen LogP contribution in [-0.2, 0) is 13.1 Å². The van der Waals surface area contributed by atoms with Crippen LogP contribution in [0.2, 0.25) is 0 Å². The Morgan fingerprint density at radius 1 is 1.04 bits per heavy atom. The van der Waals surface area contributed by atoms with Gasteiger partial charge in [-0.05, 0) is 26.0 Å². The van der Waals surface area contributed by atoms with E-state index in [-0.39, 0.29) is 5.75 Å². The Hall–Kier alpha value is -2.14. The molecule has 2 rings (SSSR count). The van der Waals surface area contributed by atoms with E-state index in [0.717, 1.165) is 6.54 Å². The highest BCUT2D eigenvalue weighted by atomic mass is 19.3. The van der Waals surface area contributed by atoms with Crippen molar-refractivity contribution >= 4 is 0 Å². The molecule has 124 valence electrons. The molecule has 0 bridgehead atoms. The minimum absolute atomic E-state index is 0.129. The Kier molecular flexibility index (Phi) is 6.35. The molecule has 5 heteroatoms. The molecule has 0 amide bonds. The fourth-order valence-electron chi connectivity index (χ4n) is 2.33. The van der Waals surface area contributed by atoms with E-state index in [1.807, 2.05) is 19.2 Å². The summed E-state index contributed by atoms with van der Waals surface area (Å²) in [6, 6.07) is 13.5. The molecule has 3 nitrogen and oxygen atoms in total. The topological polar surface area (TPSA) is 35.1 Å². The summed E-state index contributed by atoms with van der Waals surface area (Å²) < 4.78 is 35.4. The summed E-state index contributed by atoms with van der Waals surface area (Å²) in [5.41, 5.74) is 3.10. The van der Waals surface area contributed by atoms with E-state index in [9.17, 15) is 8.78 Å². The van der Waals surface area contributed by atoms with Gasteiger partial charge in [0.2, 0.25) is 0 Å². The quantitative estimate of drug-likeness (QED) is 0.809. The van der Waals surface area contributed by atoms with E-state index in [2.05, 4.69) is 29.0 Å². The van der Waals surface area contributed by atoms with Crippen molar-refractivity contribution in [3.8, 4) is 11.5 Å². The Labute approximate surface area is 135 Å². The molecule has 0 saturated heterocycles. The number of para-hydroxylation sites is 1. The van der Waals surface area contributed by atoms with Gasteiger partial charge in [-0.1, -0.05) is 35.9 Å². The molecule has 0 heterocycles. The monoisotopic (exact) mass is 322 g/mol. The first kappa shape index (κ1) is 17.2. The lowest BCUT2D eigenvalue weighted by molar-refractivity contribution is -0.686. The Morgan fingerprint density at radius 2 is 1.78 bits per heavy atom. The second kappa shape index (κ2) is 8.48. The highest BCUT2D eigenvalue weighted by Crippen LogP contribution is 2.32. The Morgan fingerprint density at radius 3 is 2.43 bits per heavy atom. The minimum atomic E-state index is -2.87. The van der Waals surface area contributed by atoms with Crippen LogP contribution in [0.4, 0.5) is 8.78 Å². The van der Waals surface area contributed by atoms with Crippen LogP contribution >= 0.6 is 0 Å². The zero-order chi connectivity index (χ0) is 16.7. The predicted octanol–water partition coefficient (Wildman–Crippen LogP) is 3.26. The fraction of sp³-hybridized carbons (Fsp3) is 0.333. The normalized spacial score (nSPS) is 10.8. The van der Waals surface area contributed by atoms with Gasteiger partial charge in [0, 0.05) is 5.56 Å². The number of quaternary nitrogens is 1. The standard InChI is InChI=1S/C18H21F2NO2/c1-3-22-16-6-4-5-15(17(16)23-18(19)20)12-21-11-14-9-7-13(2)8-10-14/h4-10,18,21H,3,11-12H2,1-2H3/p+1. The largest absolute Gasteiger partial charge is 0.490 e. The Bertz CT molecular complexity index is 615. The van der Waals surface area contributed by atoms with E-state index in [4.69, 9.17) is 4.74 Å². The number of hydrogen-bond acceptors (Lipinski definition) is 2. The number of ether oxygens (including phenoxy) is 2. The van der Waals surface area contributed by atoms with Gasteiger partial charge >= 0.3 is 6.61 Å². The molecule has 0 aliphatic carbocycles. The van der Waals surface area contributed by atoms with Gasteiger partial charge < -0.3 is 14.8 Å². The van der Waals surface area contributed by atoms with Crippen LogP contribution in [-0.4, -0.2) is 13.2 Å². The lowest BCUT2D eigenvalue weighted by Crippen LogP contribution is -2.80. The fourth-order valence-corrected chi connectivity index (χ4v) is 2.33. The number of benzene rings is 2. The van der Waals surface area contributed by atoms with Gasteiger partial charge in [-0.3, -0.25) is 0 Å². The van der Waals surface area contributed by atoms with Gasteiger partial charge in [-0.2, -0.15) is 8.78 Å². The molecule has 2 N–H and O–H groups in total. The third kappa shape index (κ3) is 5.21. The zero-order valence-corrected chi connectivity index (χ0v) is 13.4. The predicted molar refractivity (Wildman–Crippen MR) is 84.8 cm³/mol. The van der Waals surface area contributed by atoms with Gasteiger partial charge in [0.15, 0.2) is 11.5 Å². The molecule has 0 saturated carbocycles. The lowest BCUT2D eigenvalue weighted by Gasteiger charge is -2.14. The van der Waals surface area contributed by atoms with Crippen LogP contribution in [0.1, 0.15) is 23.6 Å². The van der Waals surface area contributed by atoms with E-state index in [1.54, 1.807) is 18.2 Å². The molecule has 0 atom stereocenters. The highest BCUT2D eigenvalue weighted by Gasteiger charge is 2.16. The van der Waals surface area contributed by atoms with Crippen molar-refractivity contribution in [1.82, 2.24) is 0 Å². The molecule has 0 fully saturated rings. The van der Waals surface area contributed by atoms with Gasteiger partial charge in [-0.25, -0.2) is 0 Å². The summed E-state index contributed by atoms with van der Waals surface area (Å²) in [6.07, 6.45) is 0. The summed E-state index contributed by atoms with van der Waals surface area (Å²) in [5.74, 6) is 0.485. The van der Waals surface area contributed by atoms with E-state index < -0.39 is 6.61 Å². The zero-order valence-electron chi connectivity index (χ0n) is 13.4. The van der Waals surface area contributed by atoms with E-state index >= 15 is 0 Å². The number of hydrogen-bond donors (Lipinski definition) is 1. The van der Waals surface area contributed by atoms with E-state index in [1.165, 1.54) is 11.1 Å². The third-order valence-corrected chi connectivity index (χ3v) is 3.43. The average molecular weight is 322 g/mol. The SMILES string of the molecule is CCOc1cccc(C[NH2+]Cc2ccc(C)cc2)c1OC(F)F. The van der Waals surface area contributed by atoms with Crippen LogP contribution in [0.25, 0.3) is 0 Å². The van der Waals surface area contributed by atoms with Crippen LogP contribution in [0.5, 0.6) is 11.5 Å². The smallest absolute Gasteiger partial charge is 0.387 e. The average Bonchev–Trinajstić information content (AvgIpc) is 2.52. The van der Waals surface area contributed by atoms with Crippen LogP contribution in [0.15, 0.2) is 42.5 Å². The van der Waals surface area contributed by atoms with Gasteiger partial charge in [0.25, 0.3) is 0 Å². The molecule has 2 aromatic rings. The molecule has 0 radical (unpaired) electrons. The van der Waals surface area contributed by atoms with Crippen molar-refractivity contribution in [1.29, 1.82) is 0 Å². The first-order valence-electron chi connectivity index (χ1n) is 7.67. The number of aryl methyl sites for hydroxylation is 1. The molecular formula is C18H22F2NO2+. The first-order valence-corrected chi connectivity index (χ1v) is 7.67. The van der Waals surface area contributed by atoms with Crippen molar-refractivity contribution in [2.75, 3.05) is 6.61 Å². The van der Waals surface area contributed by atoms with Crippen LogP contribution in [0.3, 0.4) is 0 Å². The maximum absolute atomic E-state index is 12.7. The van der Waals surface area contributed by atoms with Gasteiger partial charge in [-0.15, -0.1) is 0 Å². The Balaban J connectivity index is 2.05. The number of halogens is 2. The van der Waals surface area contributed by atoms with Crippen LogP contribution < -0.4 is 14.8 Å². The van der Waals surface area contributed by atoms with Gasteiger partial charge in [0.05, 0.1) is 12.2 Å². The second-order valence-electron chi connectivity index (χ2n) is 5.24. The summed E-state index contributed by atoms with van der Waals surface area (Å²) in [7, 11) is 0. The molecular weight excluding hydrogens is 300 g/mol. The van der Waals surface area contributed by atoms with Crippen molar-refractivity contribution < 1.29 is 23.6 Å². The second-order valence-corrected chi connectivity index (χ2v) is 5.24. The van der Waals surface area contributed by atoms with Crippen molar-refractivity contribution in [2.24, 2.45) is 0 Å². The summed E-state index contributed by atoms with van der Waals surface area (Å²) >= 11 is 0. The molecule has 0 aromatic heterocycles. The molecule has 0 aliphatic rings. The maximum Gasteiger partial charge on any atom is 0.387 e. The van der Waals surface area contributed by atoms with Crippen molar-refractivity contribution in [3.05, 3.63) is 59.2 Å². The molecule has 0 spiro atoms. The summed E-state index contributed by atoms with van der Waals surface area (Å²) in [6.45, 7) is 2.69. The van der Waals surface area contributed by atoms with Crippen molar-refractivity contribution in [3.63, 3.8) is 0 Å². The maximum atomic E-state index is 12.7. The lowest BCUT2D eigenvalue weighted by atomic mass is 10.1. The minimum Gasteiger partial charge on any atom is -0.490 e. The van der Waals surface area contributed by atoms with E-state index in [0.29, 0.717) is 24.5 Å². The third-order valence-electron chi connectivity index (χ3n) is 3.43. The molecule has 0 unspecified atom stereocenters. The first-order chi connectivity index (χ1) is 11.1. The molecule has 2 aromatic carbocycles. The molecule has 23 heavy (non-hydrogen) atoms. The highest BCUT2D eigenvalue weighted by molar-refractivity contribution is 5.46. The summed E-state index contributed by atoms with van der Waals surface area (Å²) in [4.78, 5) is 0. The number of nitrogens with two attached hydrogens (primary N) is 1. The van der Waals surface area contributed by atoms with Crippen molar-refractivity contribution in [2.45, 2.75) is 33.5 Å².